The van der Waals surface area contributed by atoms with Crippen LogP contribution in [-0.2, 0) is 9.59 Å². The van der Waals surface area contributed by atoms with E-state index in [-0.39, 0.29) is 59.1 Å². The number of aliphatic carboxylic acids is 2. The molecule has 1 saturated carbocycles. The predicted molar refractivity (Wildman–Crippen MR) is 30.8 cm³/mol. The van der Waals surface area contributed by atoms with Crippen molar-refractivity contribution in [2.45, 2.75) is 13.8 Å². The molecule has 0 radical (unpaired) electrons. The Hall–Kier alpha value is 0.940. The van der Waals surface area contributed by atoms with Crippen LogP contribution in [0.1, 0.15) is 13.8 Å². The summed E-state index contributed by atoms with van der Waals surface area (Å²) in [6, 6.07) is 0. The van der Waals surface area contributed by atoms with E-state index < -0.39 is 29.2 Å². The van der Waals surface area contributed by atoms with Crippen LogP contribution in [0.15, 0.2) is 0 Å². The minimum atomic E-state index is -1.30. The van der Waals surface area contributed by atoms with Gasteiger partial charge in [0.2, 0.25) is 0 Å². The van der Waals surface area contributed by atoms with E-state index in [0.29, 0.717) is 0 Å². The van der Waals surface area contributed by atoms with Gasteiger partial charge >= 0.3 is 59.1 Å². The Labute approximate surface area is 121 Å². The third-order valence-corrected chi connectivity index (χ3v) is 2.34. The van der Waals surface area contributed by atoms with Crippen LogP contribution in [-0.4, -0.2) is 11.9 Å². The maximum absolute atomic E-state index is 10.3. The number of carbonyl (C=O) groups excluding carboxylic acids is 2. The van der Waals surface area contributed by atoms with Crippen molar-refractivity contribution >= 4 is 11.9 Å². The van der Waals surface area contributed by atoms with Crippen LogP contribution < -0.4 is 69.3 Å². The Bertz CT molecular complexity index is 205. The average molecular weight is 202 g/mol. The van der Waals surface area contributed by atoms with Gasteiger partial charge in [0, 0.05) is 23.8 Å². The Balaban J connectivity index is 0. The quantitative estimate of drug-likeness (QED) is 0.416. The molecule has 0 aromatic heterocycles. The minimum absolute atomic E-state index is 0. The van der Waals surface area contributed by atoms with Crippen molar-refractivity contribution in [3.63, 3.8) is 0 Å². The van der Waals surface area contributed by atoms with Gasteiger partial charge in [-0.15, -0.1) is 0 Å². The first-order valence-corrected chi connectivity index (χ1v) is 3.30. The van der Waals surface area contributed by atoms with Crippen molar-refractivity contribution in [3.8, 4) is 0 Å². The Morgan fingerprint density at radius 3 is 1.31 bits per heavy atom. The number of rotatable bonds is 2. The standard InChI is InChI=1S/C7H10O4.2Na/c1-7(2)3(5(8)9)4(7)6(10)11;;/h3-4H,1-2H3,(H,8,9)(H,10,11);;/q;2*+1/p-2. The average Bonchev–Trinajstić information content (AvgIpc) is 2.33. The van der Waals surface area contributed by atoms with E-state index in [1.165, 1.54) is 0 Å². The Morgan fingerprint density at radius 2 is 1.23 bits per heavy atom. The van der Waals surface area contributed by atoms with Crippen LogP contribution in [0.25, 0.3) is 0 Å². The van der Waals surface area contributed by atoms with Gasteiger partial charge in [0.15, 0.2) is 0 Å². The van der Waals surface area contributed by atoms with Crippen molar-refractivity contribution in [2.75, 3.05) is 0 Å². The SMILES string of the molecule is CC1(C)C(C(=O)[O-])C1C(=O)[O-].[Na+].[Na+]. The van der Waals surface area contributed by atoms with E-state index in [4.69, 9.17) is 0 Å². The summed E-state index contributed by atoms with van der Waals surface area (Å²) in [5, 5.41) is 20.6. The zero-order valence-electron chi connectivity index (χ0n) is 8.29. The van der Waals surface area contributed by atoms with Crippen molar-refractivity contribution in [2.24, 2.45) is 17.3 Å². The minimum Gasteiger partial charge on any atom is -0.550 e. The van der Waals surface area contributed by atoms with E-state index in [0.717, 1.165) is 0 Å². The summed E-state index contributed by atoms with van der Waals surface area (Å²) in [7, 11) is 0. The van der Waals surface area contributed by atoms with Gasteiger partial charge in [0.1, 0.15) is 0 Å². The second-order valence-corrected chi connectivity index (χ2v) is 3.41. The zero-order valence-corrected chi connectivity index (χ0v) is 12.3. The summed E-state index contributed by atoms with van der Waals surface area (Å²) in [5.74, 6) is -4.37. The van der Waals surface area contributed by atoms with Crippen LogP contribution >= 0.6 is 0 Å². The summed E-state index contributed by atoms with van der Waals surface area (Å²) in [5.41, 5.74) is -0.697. The molecule has 62 valence electrons. The van der Waals surface area contributed by atoms with Gasteiger partial charge in [0.25, 0.3) is 0 Å². The fourth-order valence-electron chi connectivity index (χ4n) is 1.52. The summed E-state index contributed by atoms with van der Waals surface area (Å²) in [6.07, 6.45) is 0. The predicted octanol–water partition coefficient (Wildman–Crippen LogP) is -8.23. The number of hydrogen-bond donors (Lipinski definition) is 0. The number of carboxylic acids is 2. The van der Waals surface area contributed by atoms with Gasteiger partial charge in [-0.1, -0.05) is 13.8 Å². The molecule has 0 heterocycles. The van der Waals surface area contributed by atoms with Gasteiger partial charge in [-0.2, -0.15) is 0 Å². The normalized spacial score (nSPS) is 27.8. The summed E-state index contributed by atoms with van der Waals surface area (Å²) >= 11 is 0. The third-order valence-electron chi connectivity index (χ3n) is 2.34. The molecule has 13 heavy (non-hydrogen) atoms. The monoisotopic (exact) mass is 202 g/mol. The molecule has 0 spiro atoms. The first kappa shape index (κ1) is 16.4. The Kier molecular flexibility index (Phi) is 6.48. The molecule has 1 fully saturated rings. The van der Waals surface area contributed by atoms with Crippen LogP contribution in [0.2, 0.25) is 0 Å². The fourth-order valence-corrected chi connectivity index (χ4v) is 1.52. The first-order chi connectivity index (χ1) is 4.89. The smallest absolute Gasteiger partial charge is 0.550 e. The van der Waals surface area contributed by atoms with E-state index in [1.807, 2.05) is 0 Å². The van der Waals surface area contributed by atoms with E-state index in [2.05, 4.69) is 0 Å². The van der Waals surface area contributed by atoms with Crippen molar-refractivity contribution in [1.29, 1.82) is 0 Å². The van der Waals surface area contributed by atoms with Gasteiger partial charge in [-0.05, 0) is 5.41 Å². The van der Waals surface area contributed by atoms with E-state index in [9.17, 15) is 19.8 Å². The molecule has 1 aliphatic rings. The Morgan fingerprint density at radius 1 is 1.00 bits per heavy atom. The van der Waals surface area contributed by atoms with E-state index in [1.54, 1.807) is 13.8 Å². The molecular weight excluding hydrogens is 194 g/mol. The first-order valence-electron chi connectivity index (χ1n) is 3.30. The van der Waals surface area contributed by atoms with Gasteiger partial charge in [-0.25, -0.2) is 0 Å². The molecule has 2 atom stereocenters. The van der Waals surface area contributed by atoms with Gasteiger partial charge in [0.05, 0.1) is 0 Å². The summed E-state index contributed by atoms with van der Waals surface area (Å²) in [6.45, 7) is 3.15. The molecule has 0 aliphatic heterocycles. The van der Waals surface area contributed by atoms with Crippen LogP contribution in [0, 0.1) is 17.3 Å². The molecule has 1 aliphatic carbocycles. The molecular formula is C7H8Na2O4. The number of carboxylic acid groups (broad SMARTS) is 2. The second kappa shape index (κ2) is 5.14. The third kappa shape index (κ3) is 2.94. The molecule has 2 unspecified atom stereocenters. The molecule has 0 bridgehead atoms. The molecule has 0 saturated heterocycles. The van der Waals surface area contributed by atoms with E-state index >= 15 is 0 Å². The fraction of sp³-hybridized carbons (Fsp3) is 0.714. The summed E-state index contributed by atoms with van der Waals surface area (Å²) in [4.78, 5) is 20.6. The number of hydrogen-bond acceptors (Lipinski definition) is 4. The summed E-state index contributed by atoms with van der Waals surface area (Å²) < 4.78 is 0. The molecule has 0 N–H and O–H groups in total. The molecule has 0 aromatic carbocycles. The van der Waals surface area contributed by atoms with Gasteiger partial charge < -0.3 is 19.8 Å². The van der Waals surface area contributed by atoms with Crippen LogP contribution in [0.3, 0.4) is 0 Å². The second-order valence-electron chi connectivity index (χ2n) is 3.41. The largest absolute Gasteiger partial charge is 1.00 e. The molecule has 0 amide bonds. The number of carbonyl (C=O) groups is 2. The molecule has 1 rings (SSSR count). The van der Waals surface area contributed by atoms with Crippen molar-refractivity contribution in [1.82, 2.24) is 0 Å². The van der Waals surface area contributed by atoms with Crippen molar-refractivity contribution in [3.05, 3.63) is 0 Å². The topological polar surface area (TPSA) is 80.3 Å². The molecule has 4 nitrogen and oxygen atoms in total. The molecule has 0 aromatic rings. The maximum Gasteiger partial charge on any atom is 1.00 e. The van der Waals surface area contributed by atoms with Crippen LogP contribution in [0.5, 0.6) is 0 Å². The van der Waals surface area contributed by atoms with Crippen LogP contribution in [0.4, 0.5) is 0 Å². The van der Waals surface area contributed by atoms with Gasteiger partial charge in [-0.3, -0.25) is 0 Å². The van der Waals surface area contributed by atoms with Crippen molar-refractivity contribution < 1.29 is 78.9 Å². The maximum atomic E-state index is 10.3. The zero-order chi connectivity index (χ0) is 8.81. The molecule has 6 heteroatoms.